The Morgan fingerprint density at radius 3 is 2.35 bits per heavy atom. The van der Waals surface area contributed by atoms with E-state index < -0.39 is 17.3 Å². The fourth-order valence-electron chi connectivity index (χ4n) is 3.41. The van der Waals surface area contributed by atoms with Crippen LogP contribution in [-0.4, -0.2) is 28.5 Å². The average molecular weight is 494 g/mol. The van der Waals surface area contributed by atoms with Gasteiger partial charge < -0.3 is 15.6 Å². The fraction of sp³-hybridized carbons (Fsp3) is 0.440. The first-order valence-corrected chi connectivity index (χ1v) is 12.1. The lowest BCUT2D eigenvalue weighted by atomic mass is 10.0. The van der Waals surface area contributed by atoms with Crippen LogP contribution in [0.5, 0.6) is 5.75 Å². The number of aromatic nitrogens is 2. The predicted octanol–water partition coefficient (Wildman–Crippen LogP) is 5.88. The molecule has 0 unspecified atom stereocenters. The van der Waals surface area contributed by atoms with Crippen LogP contribution in [0.4, 0.5) is 13.2 Å². The van der Waals surface area contributed by atoms with Gasteiger partial charge in [-0.15, -0.1) is 10.2 Å². The first kappa shape index (κ1) is 26.1. The number of aliphatic hydroxyl groups is 1. The molecule has 3 aromatic rings. The van der Waals surface area contributed by atoms with Crippen LogP contribution in [0.3, 0.4) is 0 Å². The number of alkyl halides is 3. The first-order chi connectivity index (χ1) is 16.1. The van der Waals surface area contributed by atoms with Crippen LogP contribution in [0, 0.1) is 6.92 Å². The molecule has 1 atom stereocenters. The molecule has 0 bridgehead atoms. The molecule has 0 amide bonds. The zero-order valence-electron chi connectivity index (χ0n) is 19.4. The number of unbranched alkanes of at least 4 members (excludes halogenated alkanes) is 3. The Bertz CT molecular complexity index is 1070. The molecule has 9 heteroatoms. The van der Waals surface area contributed by atoms with Crippen molar-refractivity contribution in [1.29, 1.82) is 0 Å². The Morgan fingerprint density at radius 1 is 1.00 bits per heavy atom. The molecule has 0 fully saturated rings. The van der Waals surface area contributed by atoms with Crippen LogP contribution in [0.25, 0.3) is 10.6 Å². The Hall–Kier alpha value is -2.49. The van der Waals surface area contributed by atoms with Crippen molar-refractivity contribution in [3.63, 3.8) is 0 Å². The molecule has 0 radical (unpaired) electrons. The van der Waals surface area contributed by atoms with E-state index in [1.54, 1.807) is 19.1 Å². The number of aliphatic hydroxyl groups excluding tert-OH is 1. The second-order valence-electron chi connectivity index (χ2n) is 8.68. The minimum atomic E-state index is -4.29. The number of ether oxygens (including phenoxy) is 1. The lowest BCUT2D eigenvalue weighted by molar-refractivity contribution is -0.137. The van der Waals surface area contributed by atoms with Crippen LogP contribution in [0.15, 0.2) is 42.5 Å². The molecule has 1 aromatic heterocycles. The largest absolute Gasteiger partial charge is 0.493 e. The Morgan fingerprint density at radius 2 is 1.71 bits per heavy atom. The average Bonchev–Trinajstić information content (AvgIpc) is 3.30. The highest BCUT2D eigenvalue weighted by molar-refractivity contribution is 7.14. The quantitative estimate of drug-likeness (QED) is 0.326. The number of hydrogen-bond acceptors (Lipinski definition) is 6. The van der Waals surface area contributed by atoms with E-state index in [0.717, 1.165) is 71.7 Å². The topological polar surface area (TPSA) is 81.3 Å². The van der Waals surface area contributed by atoms with Crippen LogP contribution in [0.1, 0.15) is 54.3 Å². The normalized spacial score (nSPS) is 13.6. The number of nitrogens with zero attached hydrogens (tertiary/aromatic N) is 2. The van der Waals surface area contributed by atoms with E-state index in [1.165, 1.54) is 11.3 Å². The maximum Gasteiger partial charge on any atom is 0.416 e. The minimum absolute atomic E-state index is 0.206. The van der Waals surface area contributed by atoms with Crippen molar-refractivity contribution in [2.45, 2.75) is 57.7 Å². The summed E-state index contributed by atoms with van der Waals surface area (Å²) in [6.07, 6.45) is 0.315. The standard InChI is InChI=1S/C25H30F3N3O2S/c1-17-15-19(22-30-31-23(34-22)24(2,29)16-32)10-13-21(17)33-14-6-4-3-5-7-18-8-11-20(12-9-18)25(26,27)28/h8-13,15,32H,3-7,14,16,29H2,1-2H3/t24-/m0/s1. The number of halogens is 3. The molecule has 0 saturated heterocycles. The summed E-state index contributed by atoms with van der Waals surface area (Å²) in [6, 6.07) is 11.3. The van der Waals surface area contributed by atoms with Gasteiger partial charge in [-0.05, 0) is 74.6 Å². The number of benzene rings is 2. The van der Waals surface area contributed by atoms with Crippen LogP contribution < -0.4 is 10.5 Å². The van der Waals surface area contributed by atoms with Gasteiger partial charge in [0.15, 0.2) is 0 Å². The Kier molecular flexibility index (Phi) is 8.67. The summed E-state index contributed by atoms with van der Waals surface area (Å²) in [5.41, 5.74) is 7.36. The number of aryl methyl sites for hydroxylation is 2. The van der Waals surface area contributed by atoms with Crippen molar-refractivity contribution < 1.29 is 23.0 Å². The van der Waals surface area contributed by atoms with Crippen molar-refractivity contribution in [2.24, 2.45) is 5.73 Å². The van der Waals surface area contributed by atoms with Gasteiger partial charge in [-0.1, -0.05) is 36.3 Å². The highest BCUT2D eigenvalue weighted by Crippen LogP contribution is 2.32. The lowest BCUT2D eigenvalue weighted by Gasteiger charge is -2.16. The highest BCUT2D eigenvalue weighted by Gasteiger charge is 2.29. The van der Waals surface area contributed by atoms with Gasteiger partial charge in [0, 0.05) is 5.56 Å². The third kappa shape index (κ3) is 7.01. The van der Waals surface area contributed by atoms with Crippen molar-refractivity contribution in [3.05, 3.63) is 64.2 Å². The van der Waals surface area contributed by atoms with Gasteiger partial charge >= 0.3 is 6.18 Å². The van der Waals surface area contributed by atoms with Crippen molar-refractivity contribution in [1.82, 2.24) is 10.2 Å². The van der Waals surface area contributed by atoms with Gasteiger partial charge in [-0.2, -0.15) is 13.2 Å². The molecule has 0 spiro atoms. The maximum atomic E-state index is 12.6. The highest BCUT2D eigenvalue weighted by atomic mass is 32.1. The van der Waals surface area contributed by atoms with Crippen LogP contribution in [0.2, 0.25) is 0 Å². The molecular weight excluding hydrogens is 463 g/mol. The molecule has 34 heavy (non-hydrogen) atoms. The monoisotopic (exact) mass is 493 g/mol. The van der Waals surface area contributed by atoms with Gasteiger partial charge in [0.2, 0.25) is 0 Å². The molecule has 5 nitrogen and oxygen atoms in total. The van der Waals surface area contributed by atoms with Crippen molar-refractivity contribution in [2.75, 3.05) is 13.2 Å². The minimum Gasteiger partial charge on any atom is -0.493 e. The van der Waals surface area contributed by atoms with E-state index in [2.05, 4.69) is 10.2 Å². The Labute approximate surface area is 201 Å². The SMILES string of the molecule is Cc1cc(-c2nnc([C@@](C)(N)CO)s2)ccc1OCCCCCCc1ccc(C(F)(F)F)cc1. The molecule has 3 rings (SSSR count). The molecule has 2 aromatic carbocycles. The molecule has 1 heterocycles. The molecule has 184 valence electrons. The molecule has 0 aliphatic rings. The summed E-state index contributed by atoms with van der Waals surface area (Å²) < 4.78 is 43.8. The number of nitrogens with two attached hydrogens (primary N) is 1. The van der Waals surface area contributed by atoms with Gasteiger partial charge in [-0.3, -0.25) is 0 Å². The summed E-state index contributed by atoms with van der Waals surface area (Å²) in [7, 11) is 0. The van der Waals surface area contributed by atoms with Crippen molar-refractivity contribution >= 4 is 11.3 Å². The predicted molar refractivity (Wildman–Crippen MR) is 128 cm³/mol. The molecule has 0 aliphatic carbocycles. The van der Waals surface area contributed by atoms with E-state index in [-0.39, 0.29) is 6.61 Å². The smallest absolute Gasteiger partial charge is 0.416 e. The molecule has 0 aliphatic heterocycles. The van der Waals surface area contributed by atoms with Crippen LogP contribution >= 0.6 is 11.3 Å². The van der Waals surface area contributed by atoms with Gasteiger partial charge in [0.05, 0.1) is 24.3 Å². The van der Waals surface area contributed by atoms with E-state index in [1.807, 2.05) is 25.1 Å². The second kappa shape index (κ2) is 11.3. The summed E-state index contributed by atoms with van der Waals surface area (Å²) in [5.74, 6) is 0.817. The number of hydrogen-bond donors (Lipinski definition) is 2. The van der Waals surface area contributed by atoms with Crippen LogP contribution in [-0.2, 0) is 18.1 Å². The zero-order chi connectivity index (χ0) is 24.8. The summed E-state index contributed by atoms with van der Waals surface area (Å²) >= 11 is 1.36. The van der Waals surface area contributed by atoms with Crippen molar-refractivity contribution in [3.8, 4) is 16.3 Å². The lowest BCUT2D eigenvalue weighted by Crippen LogP contribution is -2.36. The van der Waals surface area contributed by atoms with E-state index >= 15 is 0 Å². The zero-order valence-corrected chi connectivity index (χ0v) is 20.2. The maximum absolute atomic E-state index is 12.6. The van der Waals surface area contributed by atoms with E-state index in [0.29, 0.717) is 11.6 Å². The van der Waals surface area contributed by atoms with E-state index in [4.69, 9.17) is 10.5 Å². The van der Waals surface area contributed by atoms with E-state index in [9.17, 15) is 18.3 Å². The summed E-state index contributed by atoms with van der Waals surface area (Å²) in [5, 5.41) is 19.0. The third-order valence-corrected chi connectivity index (χ3v) is 6.81. The number of rotatable bonds is 11. The fourth-order valence-corrected chi connectivity index (χ4v) is 4.30. The first-order valence-electron chi connectivity index (χ1n) is 11.2. The van der Waals surface area contributed by atoms with Gasteiger partial charge in [0.1, 0.15) is 15.8 Å². The molecule has 0 saturated carbocycles. The third-order valence-electron chi connectivity index (χ3n) is 5.56. The summed E-state index contributed by atoms with van der Waals surface area (Å²) in [6.45, 7) is 4.09. The second-order valence-corrected chi connectivity index (χ2v) is 9.65. The Balaban J connectivity index is 1.39. The summed E-state index contributed by atoms with van der Waals surface area (Å²) in [4.78, 5) is 0. The van der Waals surface area contributed by atoms with Gasteiger partial charge in [0.25, 0.3) is 0 Å². The molecular formula is C25H30F3N3O2S. The van der Waals surface area contributed by atoms with Gasteiger partial charge in [-0.25, -0.2) is 0 Å². The molecule has 3 N–H and O–H groups in total.